The first-order chi connectivity index (χ1) is 8.28. The monoisotopic (exact) mass is 231 g/mol. The van der Waals surface area contributed by atoms with Crippen molar-refractivity contribution in [3.63, 3.8) is 0 Å². The molecule has 0 aromatic carbocycles. The van der Waals surface area contributed by atoms with Gasteiger partial charge in [0, 0.05) is 24.0 Å². The minimum Gasteiger partial charge on any atom is -0.481 e. The number of aromatic nitrogens is 4. The first-order valence-electron chi connectivity index (χ1n) is 5.16. The Balaban J connectivity index is 2.02. The van der Waals surface area contributed by atoms with Crippen molar-refractivity contribution in [2.45, 2.75) is 13.5 Å². The van der Waals surface area contributed by atoms with Crippen molar-refractivity contribution in [3.8, 4) is 5.88 Å². The van der Waals surface area contributed by atoms with Gasteiger partial charge in [-0.3, -0.25) is 0 Å². The highest BCUT2D eigenvalue weighted by Gasteiger charge is 2.00. The molecule has 2 rings (SSSR count). The summed E-state index contributed by atoms with van der Waals surface area (Å²) in [7, 11) is 1.58. The molecule has 1 N–H and O–H groups in total. The van der Waals surface area contributed by atoms with Crippen LogP contribution in [-0.4, -0.2) is 27.0 Å². The highest BCUT2D eigenvalue weighted by Crippen LogP contribution is 2.07. The van der Waals surface area contributed by atoms with Crippen LogP contribution in [0, 0.1) is 6.92 Å². The summed E-state index contributed by atoms with van der Waals surface area (Å²) in [5.41, 5.74) is 0.911. The molecule has 0 saturated heterocycles. The van der Waals surface area contributed by atoms with Crippen LogP contribution in [0.4, 0.5) is 5.82 Å². The minimum atomic E-state index is 0.494. The van der Waals surface area contributed by atoms with Gasteiger partial charge >= 0.3 is 0 Å². The molecule has 2 aromatic heterocycles. The third-order valence-electron chi connectivity index (χ3n) is 2.12. The second kappa shape index (κ2) is 5.20. The molecular formula is C11H13N5O. The molecule has 6 nitrogen and oxygen atoms in total. The lowest BCUT2D eigenvalue weighted by Gasteiger charge is -2.05. The molecule has 0 unspecified atom stereocenters. The summed E-state index contributed by atoms with van der Waals surface area (Å²) in [6, 6.07) is 3.57. The molecule has 0 saturated carbocycles. The number of hydrogen-bond acceptors (Lipinski definition) is 6. The Kier molecular flexibility index (Phi) is 3.44. The van der Waals surface area contributed by atoms with Gasteiger partial charge in [0.15, 0.2) is 5.82 Å². The quantitative estimate of drug-likeness (QED) is 0.852. The van der Waals surface area contributed by atoms with Crippen LogP contribution in [0.2, 0.25) is 0 Å². The Bertz CT molecular complexity index is 503. The Morgan fingerprint density at radius 3 is 2.94 bits per heavy atom. The van der Waals surface area contributed by atoms with E-state index >= 15 is 0 Å². The largest absolute Gasteiger partial charge is 0.481 e. The van der Waals surface area contributed by atoms with E-state index in [1.807, 2.05) is 13.0 Å². The van der Waals surface area contributed by atoms with Crippen LogP contribution in [-0.2, 0) is 6.54 Å². The Morgan fingerprint density at radius 2 is 2.18 bits per heavy atom. The summed E-state index contributed by atoms with van der Waals surface area (Å²) in [6.45, 7) is 2.41. The van der Waals surface area contributed by atoms with Gasteiger partial charge in [0.2, 0.25) is 5.88 Å². The summed E-state index contributed by atoms with van der Waals surface area (Å²) < 4.78 is 5.02. The van der Waals surface area contributed by atoms with E-state index in [1.165, 1.54) is 6.33 Å². The van der Waals surface area contributed by atoms with Crippen molar-refractivity contribution in [1.82, 2.24) is 19.9 Å². The average Bonchev–Trinajstić information content (AvgIpc) is 2.37. The van der Waals surface area contributed by atoms with E-state index in [0.717, 1.165) is 11.5 Å². The number of anilines is 1. The van der Waals surface area contributed by atoms with Crippen LogP contribution >= 0.6 is 0 Å². The molecule has 0 fully saturated rings. The van der Waals surface area contributed by atoms with E-state index in [4.69, 9.17) is 4.74 Å². The van der Waals surface area contributed by atoms with Gasteiger partial charge < -0.3 is 10.1 Å². The van der Waals surface area contributed by atoms with E-state index in [9.17, 15) is 0 Å². The third-order valence-corrected chi connectivity index (χ3v) is 2.12. The molecule has 0 bridgehead atoms. The lowest BCUT2D eigenvalue weighted by molar-refractivity contribution is 0.395. The summed E-state index contributed by atoms with van der Waals surface area (Å²) in [4.78, 5) is 16.4. The molecule has 0 aliphatic heterocycles. The van der Waals surface area contributed by atoms with Crippen molar-refractivity contribution in [2.24, 2.45) is 0 Å². The van der Waals surface area contributed by atoms with Crippen LogP contribution in [0.1, 0.15) is 11.5 Å². The maximum Gasteiger partial charge on any atom is 0.216 e. The zero-order valence-electron chi connectivity index (χ0n) is 9.71. The highest BCUT2D eigenvalue weighted by atomic mass is 16.5. The second-order valence-corrected chi connectivity index (χ2v) is 3.41. The summed E-state index contributed by atoms with van der Waals surface area (Å²) in [5.74, 6) is 1.96. The number of rotatable bonds is 4. The molecule has 0 aliphatic rings. The maximum absolute atomic E-state index is 5.02. The molecule has 0 spiro atoms. The first kappa shape index (κ1) is 11.3. The van der Waals surface area contributed by atoms with E-state index in [2.05, 4.69) is 25.3 Å². The normalized spacial score (nSPS) is 10.0. The predicted octanol–water partition coefficient (Wildman–Crippen LogP) is 1.20. The SMILES string of the molecule is COc1ccnc(CNc2cc(C)ncn2)n1. The van der Waals surface area contributed by atoms with Crippen LogP contribution in [0.15, 0.2) is 24.7 Å². The fourth-order valence-electron chi connectivity index (χ4n) is 1.30. The Morgan fingerprint density at radius 1 is 1.29 bits per heavy atom. The second-order valence-electron chi connectivity index (χ2n) is 3.41. The number of ether oxygens (including phenoxy) is 1. The zero-order valence-corrected chi connectivity index (χ0v) is 9.71. The molecule has 2 aromatic rings. The van der Waals surface area contributed by atoms with Crippen molar-refractivity contribution in [1.29, 1.82) is 0 Å². The lowest BCUT2D eigenvalue weighted by Crippen LogP contribution is -2.06. The molecule has 6 heteroatoms. The highest BCUT2D eigenvalue weighted by molar-refractivity contribution is 5.34. The van der Waals surface area contributed by atoms with Crippen LogP contribution in [0.5, 0.6) is 5.88 Å². The van der Waals surface area contributed by atoms with Crippen LogP contribution in [0.3, 0.4) is 0 Å². The molecule has 0 aliphatic carbocycles. The molecule has 88 valence electrons. The number of aryl methyl sites for hydroxylation is 1. The van der Waals surface area contributed by atoms with Crippen LogP contribution in [0.25, 0.3) is 0 Å². The number of nitrogens with zero attached hydrogens (tertiary/aromatic N) is 4. The minimum absolute atomic E-state index is 0.494. The Labute approximate surface area is 99.1 Å². The smallest absolute Gasteiger partial charge is 0.216 e. The van der Waals surface area contributed by atoms with Gasteiger partial charge in [-0.05, 0) is 6.92 Å². The van der Waals surface area contributed by atoms with Gasteiger partial charge in [0.1, 0.15) is 12.1 Å². The molecule has 0 atom stereocenters. The standard InChI is InChI=1S/C11H13N5O/c1-8-5-9(15-7-14-8)13-6-10-12-4-3-11(16-10)17-2/h3-5,7H,6H2,1-2H3,(H,13,14,15). The summed E-state index contributed by atoms with van der Waals surface area (Å²) in [5, 5.41) is 3.12. The maximum atomic E-state index is 5.02. The van der Waals surface area contributed by atoms with Crippen molar-refractivity contribution in [2.75, 3.05) is 12.4 Å². The summed E-state index contributed by atoms with van der Waals surface area (Å²) >= 11 is 0. The van der Waals surface area contributed by atoms with Crippen molar-refractivity contribution >= 4 is 5.82 Å². The number of nitrogens with one attached hydrogen (secondary N) is 1. The van der Waals surface area contributed by atoms with E-state index in [0.29, 0.717) is 18.2 Å². The van der Waals surface area contributed by atoms with Gasteiger partial charge in [0.25, 0.3) is 0 Å². The molecule has 2 heterocycles. The van der Waals surface area contributed by atoms with Crippen LogP contribution < -0.4 is 10.1 Å². The Hall–Kier alpha value is -2.24. The van der Waals surface area contributed by atoms with Gasteiger partial charge in [-0.1, -0.05) is 0 Å². The molecular weight excluding hydrogens is 218 g/mol. The third kappa shape index (κ3) is 3.10. The lowest BCUT2D eigenvalue weighted by atomic mass is 10.4. The molecule has 17 heavy (non-hydrogen) atoms. The summed E-state index contributed by atoms with van der Waals surface area (Å²) in [6.07, 6.45) is 3.18. The van der Waals surface area contributed by atoms with Gasteiger partial charge in [-0.2, -0.15) is 4.98 Å². The zero-order chi connectivity index (χ0) is 12.1. The van der Waals surface area contributed by atoms with Crippen molar-refractivity contribution < 1.29 is 4.74 Å². The molecule has 0 radical (unpaired) electrons. The van der Waals surface area contributed by atoms with Gasteiger partial charge in [0.05, 0.1) is 13.7 Å². The molecule has 0 amide bonds. The van der Waals surface area contributed by atoms with E-state index in [-0.39, 0.29) is 0 Å². The van der Waals surface area contributed by atoms with Gasteiger partial charge in [-0.15, -0.1) is 0 Å². The van der Waals surface area contributed by atoms with E-state index in [1.54, 1.807) is 19.4 Å². The fourth-order valence-corrected chi connectivity index (χ4v) is 1.30. The van der Waals surface area contributed by atoms with E-state index < -0.39 is 0 Å². The predicted molar refractivity (Wildman–Crippen MR) is 62.7 cm³/mol. The van der Waals surface area contributed by atoms with Gasteiger partial charge in [-0.25, -0.2) is 15.0 Å². The van der Waals surface area contributed by atoms with Crippen molar-refractivity contribution in [3.05, 3.63) is 36.2 Å². The number of methoxy groups -OCH3 is 1. The topological polar surface area (TPSA) is 72.8 Å². The number of hydrogen-bond donors (Lipinski definition) is 1. The average molecular weight is 231 g/mol. The first-order valence-corrected chi connectivity index (χ1v) is 5.16. The fraction of sp³-hybridized carbons (Fsp3) is 0.273.